The number of amidine groups is 1. The van der Waals surface area contributed by atoms with Crippen LogP contribution in [0.1, 0.15) is 20.3 Å². The van der Waals surface area contributed by atoms with Crippen molar-refractivity contribution in [2.45, 2.75) is 20.3 Å². The van der Waals surface area contributed by atoms with Gasteiger partial charge in [0.2, 0.25) is 0 Å². The van der Waals surface area contributed by atoms with Crippen LogP contribution in [0.25, 0.3) is 0 Å². The van der Waals surface area contributed by atoms with Gasteiger partial charge in [0, 0.05) is 6.42 Å². The van der Waals surface area contributed by atoms with Gasteiger partial charge in [-0.1, -0.05) is 6.92 Å². The lowest BCUT2D eigenvalue weighted by Crippen LogP contribution is -2.03. The van der Waals surface area contributed by atoms with Gasteiger partial charge in [0.15, 0.2) is 0 Å². The largest absolute Gasteiger partial charge is 0.500 e. The molecule has 0 radical (unpaired) electrons. The van der Waals surface area contributed by atoms with Gasteiger partial charge in [-0.05, 0) is 6.92 Å². The number of hydrogen-bond acceptors (Lipinski definition) is 2. The fourth-order valence-corrected chi connectivity index (χ4v) is 0.462. The predicted molar refractivity (Wildman–Crippen MR) is 42.7 cm³/mol. The van der Waals surface area contributed by atoms with Crippen molar-refractivity contribution in [2.75, 3.05) is 7.11 Å². The maximum Gasteiger partial charge on any atom is 0.114 e. The van der Waals surface area contributed by atoms with Crippen LogP contribution in [0.2, 0.25) is 0 Å². The van der Waals surface area contributed by atoms with E-state index >= 15 is 0 Å². The number of methoxy groups -OCH3 is 1. The van der Waals surface area contributed by atoms with Crippen molar-refractivity contribution in [2.24, 2.45) is 10.7 Å². The summed E-state index contributed by atoms with van der Waals surface area (Å²) in [5.74, 6) is 1.38. The summed E-state index contributed by atoms with van der Waals surface area (Å²) in [6, 6.07) is 0. The third-order valence-corrected chi connectivity index (χ3v) is 1.02. The lowest BCUT2D eigenvalue weighted by molar-refractivity contribution is 0.279. The van der Waals surface area contributed by atoms with Gasteiger partial charge in [0.05, 0.1) is 19.1 Å². The van der Waals surface area contributed by atoms with Gasteiger partial charge >= 0.3 is 0 Å². The molecular weight excluding hydrogens is 128 g/mol. The van der Waals surface area contributed by atoms with Crippen molar-refractivity contribution in [3.05, 3.63) is 12.0 Å². The second kappa shape index (κ2) is 4.85. The van der Waals surface area contributed by atoms with Gasteiger partial charge in [-0.25, -0.2) is 4.99 Å². The molecule has 0 heterocycles. The number of allylic oxidation sites excluding steroid dienone is 1. The lowest BCUT2D eigenvalue weighted by atomic mass is 10.4. The number of aliphatic imine (C=N–C) groups is 1. The molecule has 0 aromatic heterocycles. The Hall–Kier alpha value is -0.990. The van der Waals surface area contributed by atoms with Crippen LogP contribution < -0.4 is 5.73 Å². The van der Waals surface area contributed by atoms with Gasteiger partial charge in [-0.15, -0.1) is 0 Å². The molecule has 58 valence electrons. The van der Waals surface area contributed by atoms with E-state index in [1.165, 1.54) is 0 Å². The molecule has 0 aliphatic carbocycles. The van der Waals surface area contributed by atoms with Crippen LogP contribution in [0, 0.1) is 0 Å². The Morgan fingerprint density at radius 1 is 1.70 bits per heavy atom. The van der Waals surface area contributed by atoms with Crippen molar-refractivity contribution in [1.29, 1.82) is 0 Å². The molecule has 0 aliphatic heterocycles. The molecule has 0 amide bonds. The Bertz CT molecular complexity index is 140. The molecule has 0 aromatic rings. The summed E-state index contributed by atoms with van der Waals surface area (Å²) in [4.78, 5) is 3.87. The summed E-state index contributed by atoms with van der Waals surface area (Å²) in [5, 5.41) is 0. The SMILES string of the molecule is CCC(=CN=C(C)N)OC. The normalized spacial score (nSPS) is 13.5. The zero-order valence-electron chi connectivity index (χ0n) is 6.72. The molecule has 3 heteroatoms. The molecule has 0 unspecified atom stereocenters. The quantitative estimate of drug-likeness (QED) is 0.366. The minimum Gasteiger partial charge on any atom is -0.500 e. The van der Waals surface area contributed by atoms with Crippen molar-refractivity contribution < 1.29 is 4.74 Å². The van der Waals surface area contributed by atoms with Gasteiger partial charge in [0.25, 0.3) is 0 Å². The average Bonchev–Trinajstić information content (AvgIpc) is 1.90. The van der Waals surface area contributed by atoms with Crippen LogP contribution in [0.3, 0.4) is 0 Å². The minimum absolute atomic E-state index is 0.544. The maximum absolute atomic E-state index is 5.30. The molecule has 0 saturated carbocycles. The lowest BCUT2D eigenvalue weighted by Gasteiger charge is -1.98. The highest BCUT2D eigenvalue weighted by Crippen LogP contribution is 1.99. The minimum atomic E-state index is 0.544. The molecule has 3 nitrogen and oxygen atoms in total. The topological polar surface area (TPSA) is 47.6 Å². The van der Waals surface area contributed by atoms with Crippen LogP contribution >= 0.6 is 0 Å². The first kappa shape index (κ1) is 9.01. The molecule has 2 N–H and O–H groups in total. The Morgan fingerprint density at radius 2 is 2.30 bits per heavy atom. The number of nitrogens with zero attached hydrogens (tertiary/aromatic N) is 1. The van der Waals surface area contributed by atoms with Crippen LogP contribution in [0.4, 0.5) is 0 Å². The Balaban J connectivity index is 3.99. The fourth-order valence-electron chi connectivity index (χ4n) is 0.462. The number of rotatable bonds is 3. The third kappa shape index (κ3) is 3.95. The van der Waals surface area contributed by atoms with Crippen LogP contribution in [0.15, 0.2) is 17.0 Å². The predicted octanol–water partition coefficient (Wildman–Crippen LogP) is 1.26. The van der Waals surface area contributed by atoms with Crippen molar-refractivity contribution >= 4 is 5.84 Å². The van der Waals surface area contributed by atoms with E-state index in [4.69, 9.17) is 10.5 Å². The second-order valence-corrected chi connectivity index (χ2v) is 1.92. The fraction of sp³-hybridized carbons (Fsp3) is 0.571. The van der Waals surface area contributed by atoms with E-state index in [9.17, 15) is 0 Å². The number of nitrogens with two attached hydrogens (primary N) is 1. The number of ether oxygens (including phenoxy) is 1. The smallest absolute Gasteiger partial charge is 0.114 e. The Morgan fingerprint density at radius 3 is 2.60 bits per heavy atom. The maximum atomic E-state index is 5.30. The third-order valence-electron chi connectivity index (χ3n) is 1.02. The zero-order chi connectivity index (χ0) is 7.98. The molecule has 0 aromatic carbocycles. The van der Waals surface area contributed by atoms with Crippen LogP contribution in [-0.2, 0) is 4.74 Å². The molecule has 0 atom stereocenters. The van der Waals surface area contributed by atoms with E-state index < -0.39 is 0 Å². The highest BCUT2D eigenvalue weighted by molar-refractivity contribution is 5.77. The zero-order valence-corrected chi connectivity index (χ0v) is 6.72. The molecule has 0 bridgehead atoms. The molecule has 0 fully saturated rings. The number of hydrogen-bond donors (Lipinski definition) is 1. The summed E-state index contributed by atoms with van der Waals surface area (Å²) >= 11 is 0. The standard InChI is InChI=1S/C7H14N2O/c1-4-7(10-3)5-9-6(2)8/h5H,4H2,1-3H3,(H2,8,9). The van der Waals surface area contributed by atoms with E-state index in [1.54, 1.807) is 20.2 Å². The molecule has 0 spiro atoms. The van der Waals surface area contributed by atoms with Gasteiger partial charge in [0.1, 0.15) is 5.76 Å². The van der Waals surface area contributed by atoms with Crippen molar-refractivity contribution in [3.8, 4) is 0 Å². The van der Waals surface area contributed by atoms with Crippen LogP contribution in [-0.4, -0.2) is 12.9 Å². The van der Waals surface area contributed by atoms with E-state index in [1.807, 2.05) is 6.92 Å². The summed E-state index contributed by atoms with van der Waals surface area (Å²) in [6.45, 7) is 3.73. The van der Waals surface area contributed by atoms with Gasteiger partial charge in [-0.3, -0.25) is 0 Å². The monoisotopic (exact) mass is 142 g/mol. The van der Waals surface area contributed by atoms with Crippen molar-refractivity contribution in [1.82, 2.24) is 0 Å². The molecule has 0 saturated heterocycles. The summed E-state index contributed by atoms with van der Waals surface area (Å²) in [5.41, 5.74) is 5.30. The van der Waals surface area contributed by atoms with E-state index in [0.717, 1.165) is 12.2 Å². The summed E-state index contributed by atoms with van der Waals surface area (Å²) < 4.78 is 4.95. The first-order valence-corrected chi connectivity index (χ1v) is 3.23. The molecule has 0 aliphatic rings. The second-order valence-electron chi connectivity index (χ2n) is 1.92. The van der Waals surface area contributed by atoms with Crippen LogP contribution in [0.5, 0.6) is 0 Å². The molecular formula is C7H14N2O. The molecule has 0 rings (SSSR count). The average molecular weight is 142 g/mol. The van der Waals surface area contributed by atoms with Crippen molar-refractivity contribution in [3.63, 3.8) is 0 Å². The Labute approximate surface area is 61.6 Å². The first-order valence-electron chi connectivity index (χ1n) is 3.23. The first-order chi connectivity index (χ1) is 4.70. The van der Waals surface area contributed by atoms with Gasteiger partial charge in [-0.2, -0.15) is 0 Å². The summed E-state index contributed by atoms with van der Waals surface area (Å²) in [7, 11) is 1.62. The van der Waals surface area contributed by atoms with E-state index in [0.29, 0.717) is 5.84 Å². The van der Waals surface area contributed by atoms with E-state index in [-0.39, 0.29) is 0 Å². The highest BCUT2D eigenvalue weighted by atomic mass is 16.5. The Kier molecular flexibility index (Phi) is 4.37. The van der Waals surface area contributed by atoms with Gasteiger partial charge < -0.3 is 10.5 Å². The van der Waals surface area contributed by atoms with E-state index in [2.05, 4.69) is 4.99 Å². The highest BCUT2D eigenvalue weighted by Gasteiger charge is 1.87. The molecule has 10 heavy (non-hydrogen) atoms. The summed E-state index contributed by atoms with van der Waals surface area (Å²) in [6.07, 6.45) is 2.47.